The highest BCUT2D eigenvalue weighted by molar-refractivity contribution is 8.24. The van der Waals surface area contributed by atoms with Crippen LogP contribution in [0.3, 0.4) is 0 Å². The molecule has 0 radical (unpaired) electrons. The van der Waals surface area contributed by atoms with Gasteiger partial charge in [-0.2, -0.15) is 10.6 Å². The molecule has 1 unspecified atom stereocenters. The number of nitrogens with one attached hydrogen (secondary N) is 1. The summed E-state index contributed by atoms with van der Waals surface area (Å²) in [5, 5.41) is 12.0. The SMILES string of the molecule is O=C(O)CCCCc1nc2cc(C(=O)NC3CCS(O)(O)c4ccccc43)ccc2nc1-c1ccc(F)cc1. The smallest absolute Gasteiger partial charge is 0.303 e. The fourth-order valence-corrected chi connectivity index (χ4v) is 6.49. The lowest BCUT2D eigenvalue weighted by molar-refractivity contribution is -0.137. The van der Waals surface area contributed by atoms with E-state index in [4.69, 9.17) is 15.1 Å². The van der Waals surface area contributed by atoms with E-state index in [2.05, 4.69) is 5.32 Å². The first kappa shape index (κ1) is 26.7. The molecule has 3 aromatic carbocycles. The number of hydrogen-bond donors (Lipinski definition) is 4. The minimum Gasteiger partial charge on any atom is -0.481 e. The van der Waals surface area contributed by atoms with E-state index in [-0.39, 0.29) is 29.9 Å². The predicted octanol–water partition coefficient (Wildman–Crippen LogP) is 6.22. The van der Waals surface area contributed by atoms with Gasteiger partial charge in [-0.15, -0.1) is 0 Å². The van der Waals surface area contributed by atoms with Crippen molar-refractivity contribution in [1.29, 1.82) is 0 Å². The van der Waals surface area contributed by atoms with Crippen molar-refractivity contribution in [1.82, 2.24) is 15.3 Å². The Labute approximate surface area is 226 Å². The van der Waals surface area contributed by atoms with E-state index in [1.807, 2.05) is 0 Å². The van der Waals surface area contributed by atoms with Gasteiger partial charge in [0.25, 0.3) is 5.91 Å². The first-order valence-electron chi connectivity index (χ1n) is 12.7. The van der Waals surface area contributed by atoms with Gasteiger partial charge in [-0.3, -0.25) is 18.7 Å². The second-order valence-electron chi connectivity index (χ2n) is 9.55. The largest absolute Gasteiger partial charge is 0.481 e. The molecule has 0 spiro atoms. The second kappa shape index (κ2) is 11.1. The van der Waals surface area contributed by atoms with E-state index < -0.39 is 16.6 Å². The van der Waals surface area contributed by atoms with E-state index in [0.29, 0.717) is 69.7 Å². The van der Waals surface area contributed by atoms with Crippen LogP contribution in [-0.2, 0) is 11.2 Å². The Bertz CT molecular complexity index is 1540. The molecule has 4 aromatic rings. The summed E-state index contributed by atoms with van der Waals surface area (Å²) in [6, 6.07) is 17.7. The monoisotopic (exact) mass is 549 g/mol. The zero-order valence-electron chi connectivity index (χ0n) is 21.0. The first-order chi connectivity index (χ1) is 18.7. The van der Waals surface area contributed by atoms with Crippen LogP contribution in [0.4, 0.5) is 4.39 Å². The summed E-state index contributed by atoms with van der Waals surface area (Å²) in [4.78, 5) is 34.2. The molecular weight excluding hydrogens is 521 g/mol. The normalized spacial score (nSPS) is 16.8. The Morgan fingerprint density at radius 1 is 0.974 bits per heavy atom. The third-order valence-corrected chi connectivity index (χ3v) is 8.69. The molecule has 0 saturated heterocycles. The van der Waals surface area contributed by atoms with Gasteiger partial charge >= 0.3 is 5.97 Å². The minimum absolute atomic E-state index is 0.0523. The molecule has 10 heteroatoms. The van der Waals surface area contributed by atoms with Crippen LogP contribution in [0.25, 0.3) is 22.3 Å². The van der Waals surface area contributed by atoms with Gasteiger partial charge in [0.1, 0.15) is 5.82 Å². The summed E-state index contributed by atoms with van der Waals surface area (Å²) in [6.07, 6.45) is 2.00. The molecule has 1 aromatic heterocycles. The van der Waals surface area contributed by atoms with Crippen LogP contribution < -0.4 is 5.32 Å². The number of amides is 1. The lowest BCUT2D eigenvalue weighted by atomic mass is 10.0. The van der Waals surface area contributed by atoms with Crippen LogP contribution in [0.5, 0.6) is 0 Å². The quantitative estimate of drug-likeness (QED) is 0.192. The maximum Gasteiger partial charge on any atom is 0.303 e. The molecule has 2 heterocycles. The number of halogens is 1. The standard InChI is InChI=1S/C29H28FN3O5S/c30-20-12-9-18(10-13-20)28-24(6-2-4-8-27(34)35)31-25-17-19(11-14-23(25)32-28)29(36)33-22-15-16-39(37,38)26-7-3-1-5-21(22)26/h1,3,5,7,9-14,17,22,37-38H,2,4,6,8,15-16H2,(H,33,36)(H,34,35). The molecule has 0 fully saturated rings. The minimum atomic E-state index is -2.88. The topological polar surface area (TPSA) is 133 Å². The van der Waals surface area contributed by atoms with Crippen molar-refractivity contribution < 1.29 is 28.2 Å². The molecule has 0 aliphatic carbocycles. The van der Waals surface area contributed by atoms with Crippen molar-refractivity contribution in [3.63, 3.8) is 0 Å². The highest BCUT2D eigenvalue weighted by Gasteiger charge is 2.31. The van der Waals surface area contributed by atoms with Gasteiger partial charge in [0, 0.05) is 23.3 Å². The summed E-state index contributed by atoms with van der Waals surface area (Å²) in [6.45, 7) is 0. The Kier molecular flexibility index (Phi) is 7.60. The van der Waals surface area contributed by atoms with E-state index in [0.717, 1.165) is 0 Å². The molecule has 202 valence electrons. The number of aryl methyl sites for hydroxylation is 1. The molecule has 1 aliphatic heterocycles. The van der Waals surface area contributed by atoms with Crippen molar-refractivity contribution in [2.24, 2.45) is 0 Å². The molecule has 4 N–H and O–H groups in total. The average Bonchev–Trinajstić information content (AvgIpc) is 2.92. The van der Waals surface area contributed by atoms with Gasteiger partial charge < -0.3 is 10.4 Å². The van der Waals surface area contributed by atoms with E-state index >= 15 is 0 Å². The van der Waals surface area contributed by atoms with Crippen LogP contribution in [-0.4, -0.2) is 41.8 Å². The summed E-state index contributed by atoms with van der Waals surface area (Å²) >= 11 is 0. The molecule has 8 nitrogen and oxygen atoms in total. The Hall–Kier alpha value is -3.86. The maximum atomic E-state index is 13.5. The van der Waals surface area contributed by atoms with Gasteiger partial charge in [0.05, 0.1) is 33.4 Å². The number of unbranched alkanes of at least 4 members (excludes halogenated alkanes) is 1. The van der Waals surface area contributed by atoms with Crippen molar-refractivity contribution in [2.45, 2.75) is 43.0 Å². The molecule has 1 aliphatic rings. The van der Waals surface area contributed by atoms with Gasteiger partial charge in [0.2, 0.25) is 0 Å². The number of carboxylic acids is 1. The number of rotatable bonds is 8. The first-order valence-corrected chi connectivity index (χ1v) is 14.4. The number of carboxylic acid groups (broad SMARTS) is 1. The fourth-order valence-electron chi connectivity index (χ4n) is 4.82. The van der Waals surface area contributed by atoms with Crippen molar-refractivity contribution >= 4 is 33.5 Å². The summed E-state index contributed by atoms with van der Waals surface area (Å²) in [5.74, 6) is -1.37. The highest BCUT2D eigenvalue weighted by Crippen LogP contribution is 2.55. The number of nitrogens with zero attached hydrogens (tertiary/aromatic N) is 2. The van der Waals surface area contributed by atoms with Gasteiger partial charge in [0.15, 0.2) is 0 Å². The second-order valence-corrected chi connectivity index (χ2v) is 11.7. The van der Waals surface area contributed by atoms with Gasteiger partial charge in [-0.05, 0) is 79.8 Å². The third kappa shape index (κ3) is 5.93. The van der Waals surface area contributed by atoms with Crippen LogP contribution in [0.15, 0.2) is 71.6 Å². The number of fused-ring (bicyclic) bond motifs is 2. The van der Waals surface area contributed by atoms with Crippen LogP contribution in [0.2, 0.25) is 0 Å². The molecule has 0 saturated carbocycles. The average molecular weight is 550 g/mol. The van der Waals surface area contributed by atoms with Crippen LogP contribution in [0.1, 0.15) is 53.3 Å². The molecular formula is C29H28FN3O5S. The molecule has 5 rings (SSSR count). The van der Waals surface area contributed by atoms with Gasteiger partial charge in [-0.1, -0.05) is 18.2 Å². The number of carbonyl (C=O) groups excluding carboxylic acids is 1. The van der Waals surface area contributed by atoms with Crippen molar-refractivity contribution in [3.05, 3.63) is 89.4 Å². The fraction of sp³-hybridized carbons (Fsp3) is 0.241. The zero-order chi connectivity index (χ0) is 27.6. The number of aliphatic carboxylic acids is 1. The van der Waals surface area contributed by atoms with Crippen molar-refractivity contribution in [3.8, 4) is 11.3 Å². The Morgan fingerprint density at radius 3 is 2.51 bits per heavy atom. The molecule has 1 amide bonds. The maximum absolute atomic E-state index is 13.5. The highest BCUT2D eigenvalue weighted by atomic mass is 32.3. The summed E-state index contributed by atoms with van der Waals surface area (Å²) in [7, 11) is -2.88. The summed E-state index contributed by atoms with van der Waals surface area (Å²) in [5.41, 5.74) is 4.10. The Balaban J connectivity index is 1.44. The van der Waals surface area contributed by atoms with E-state index in [9.17, 15) is 23.1 Å². The number of benzene rings is 3. The van der Waals surface area contributed by atoms with Crippen molar-refractivity contribution in [2.75, 3.05) is 5.75 Å². The lowest BCUT2D eigenvalue weighted by Crippen LogP contribution is -2.33. The Morgan fingerprint density at radius 2 is 1.74 bits per heavy atom. The van der Waals surface area contributed by atoms with E-state index in [1.165, 1.54) is 12.1 Å². The number of hydrogen-bond acceptors (Lipinski definition) is 6. The lowest BCUT2D eigenvalue weighted by Gasteiger charge is -2.41. The molecule has 1 atom stereocenters. The van der Waals surface area contributed by atoms with Gasteiger partial charge in [-0.25, -0.2) is 14.4 Å². The zero-order valence-corrected chi connectivity index (χ0v) is 21.8. The molecule has 0 bridgehead atoms. The van der Waals surface area contributed by atoms with Crippen LogP contribution >= 0.6 is 10.6 Å². The number of aromatic nitrogens is 2. The number of carbonyl (C=O) groups is 2. The molecule has 39 heavy (non-hydrogen) atoms. The summed E-state index contributed by atoms with van der Waals surface area (Å²) < 4.78 is 34.4. The van der Waals surface area contributed by atoms with E-state index in [1.54, 1.807) is 54.6 Å². The third-order valence-electron chi connectivity index (χ3n) is 6.81. The van der Waals surface area contributed by atoms with Crippen LogP contribution in [0, 0.1) is 5.82 Å². The predicted molar refractivity (Wildman–Crippen MR) is 147 cm³/mol.